The van der Waals surface area contributed by atoms with E-state index in [0.717, 1.165) is 35.3 Å². The molecule has 0 spiro atoms. The van der Waals surface area contributed by atoms with Crippen LogP contribution in [-0.2, 0) is 12.0 Å². The van der Waals surface area contributed by atoms with Crippen LogP contribution >= 0.6 is 11.8 Å². The van der Waals surface area contributed by atoms with Crippen LogP contribution in [0.3, 0.4) is 0 Å². The third-order valence-electron chi connectivity index (χ3n) is 3.30. The van der Waals surface area contributed by atoms with E-state index in [-0.39, 0.29) is 5.41 Å². The molecule has 0 unspecified atom stereocenters. The zero-order valence-corrected chi connectivity index (χ0v) is 14.9. The van der Waals surface area contributed by atoms with E-state index in [4.69, 9.17) is 4.74 Å². The maximum Gasteiger partial charge on any atom is 0.191 e. The van der Waals surface area contributed by atoms with E-state index in [2.05, 4.69) is 42.5 Å². The molecular weight excluding hydrogens is 310 g/mol. The topological polar surface area (TPSA) is 57.0 Å². The molecule has 0 bridgehead atoms. The van der Waals surface area contributed by atoms with E-state index in [0.29, 0.717) is 12.2 Å². The number of hydrogen-bond donors (Lipinski definition) is 0. The van der Waals surface area contributed by atoms with E-state index < -0.39 is 0 Å². The lowest BCUT2D eigenvalue weighted by Crippen LogP contribution is -2.19. The van der Waals surface area contributed by atoms with E-state index in [1.807, 2.05) is 0 Å². The molecule has 0 saturated carbocycles. The number of nitrogens with zero attached hydrogens (tertiary/aromatic N) is 3. The van der Waals surface area contributed by atoms with Crippen molar-refractivity contribution in [2.24, 2.45) is 0 Å². The van der Waals surface area contributed by atoms with Gasteiger partial charge in [-0.05, 0) is 31.2 Å². The molecule has 0 aliphatic rings. The van der Waals surface area contributed by atoms with Gasteiger partial charge in [0.05, 0.1) is 6.61 Å². The van der Waals surface area contributed by atoms with Gasteiger partial charge in [0.15, 0.2) is 5.16 Å². The predicted octanol–water partition coefficient (Wildman–Crippen LogP) is 3.58. The highest BCUT2D eigenvalue weighted by atomic mass is 32.2. The summed E-state index contributed by atoms with van der Waals surface area (Å²) >= 11 is 1.64. The van der Waals surface area contributed by atoms with Crippen LogP contribution in [0.4, 0.5) is 0 Å². The highest BCUT2D eigenvalue weighted by Crippen LogP contribution is 2.25. The Balaban J connectivity index is 1.88. The van der Waals surface area contributed by atoms with Crippen LogP contribution in [0.25, 0.3) is 0 Å². The Hall–Kier alpha value is -1.82. The van der Waals surface area contributed by atoms with Crippen molar-refractivity contribution >= 4 is 18.0 Å². The zero-order valence-electron chi connectivity index (χ0n) is 14.1. The molecule has 0 amide bonds. The minimum absolute atomic E-state index is 0.0152. The highest BCUT2D eigenvalue weighted by Gasteiger charge is 2.23. The fourth-order valence-electron chi connectivity index (χ4n) is 2.17. The predicted molar refractivity (Wildman–Crippen MR) is 92.4 cm³/mol. The number of aldehydes is 1. The molecule has 1 aromatic carbocycles. The maximum atomic E-state index is 10.6. The largest absolute Gasteiger partial charge is 0.493 e. The fourth-order valence-corrected chi connectivity index (χ4v) is 2.99. The van der Waals surface area contributed by atoms with Gasteiger partial charge in [-0.1, -0.05) is 32.5 Å². The molecule has 0 radical (unpaired) electrons. The second-order valence-electron chi connectivity index (χ2n) is 6.18. The van der Waals surface area contributed by atoms with Crippen molar-refractivity contribution in [1.82, 2.24) is 14.8 Å². The lowest BCUT2D eigenvalue weighted by atomic mass is 9.96. The number of ether oxygens (including phenoxy) is 1. The summed E-state index contributed by atoms with van der Waals surface area (Å²) in [5.74, 6) is 2.56. The number of carbonyl (C=O) groups excluding carboxylic acids is 1. The first-order chi connectivity index (χ1) is 11.0. The second kappa shape index (κ2) is 7.64. The van der Waals surface area contributed by atoms with E-state index in [1.165, 1.54) is 0 Å². The Labute approximate surface area is 141 Å². The number of rotatable bonds is 7. The molecule has 1 aromatic heterocycles. The number of aromatic nitrogens is 3. The lowest BCUT2D eigenvalue weighted by Gasteiger charge is -2.18. The lowest BCUT2D eigenvalue weighted by molar-refractivity contribution is 0.112. The average molecular weight is 333 g/mol. The second-order valence-corrected chi connectivity index (χ2v) is 7.25. The van der Waals surface area contributed by atoms with Gasteiger partial charge in [-0.25, -0.2) is 0 Å². The van der Waals surface area contributed by atoms with Gasteiger partial charge in [0.2, 0.25) is 0 Å². The molecule has 0 aliphatic carbocycles. The summed E-state index contributed by atoms with van der Waals surface area (Å²) in [6.07, 6.45) is 0.823. The molecule has 5 nitrogen and oxygen atoms in total. The van der Waals surface area contributed by atoms with E-state index in [1.54, 1.807) is 36.0 Å². The summed E-state index contributed by atoms with van der Waals surface area (Å²) in [6, 6.07) is 7.11. The average Bonchev–Trinajstić information content (AvgIpc) is 2.95. The molecule has 0 fully saturated rings. The summed E-state index contributed by atoms with van der Waals surface area (Å²) in [5, 5.41) is 9.56. The number of carbonyl (C=O) groups is 1. The summed E-state index contributed by atoms with van der Waals surface area (Å²) in [7, 11) is 0. The first-order valence-electron chi connectivity index (χ1n) is 7.70. The first-order valence-corrected chi connectivity index (χ1v) is 8.68. The van der Waals surface area contributed by atoms with Gasteiger partial charge in [0.25, 0.3) is 0 Å². The monoisotopic (exact) mass is 333 g/mol. The summed E-state index contributed by atoms with van der Waals surface area (Å²) < 4.78 is 7.84. The molecule has 2 rings (SSSR count). The third-order valence-corrected chi connectivity index (χ3v) is 4.23. The molecule has 23 heavy (non-hydrogen) atoms. The Morgan fingerprint density at radius 2 is 1.91 bits per heavy atom. The third kappa shape index (κ3) is 4.58. The first kappa shape index (κ1) is 17.5. The molecule has 6 heteroatoms. The fraction of sp³-hybridized carbons (Fsp3) is 0.471. The molecular formula is C17H23N3O2S. The van der Waals surface area contributed by atoms with Crippen molar-refractivity contribution in [3.8, 4) is 5.75 Å². The minimum atomic E-state index is -0.0152. The smallest absolute Gasteiger partial charge is 0.191 e. The molecule has 0 N–H and O–H groups in total. The van der Waals surface area contributed by atoms with Gasteiger partial charge in [-0.2, -0.15) is 0 Å². The Morgan fingerprint density at radius 1 is 1.22 bits per heavy atom. The van der Waals surface area contributed by atoms with Gasteiger partial charge in [-0.15, -0.1) is 10.2 Å². The number of benzene rings is 1. The van der Waals surface area contributed by atoms with Crippen molar-refractivity contribution in [2.75, 3.05) is 12.4 Å². The summed E-state index contributed by atoms with van der Waals surface area (Å²) in [6.45, 7) is 9.97. The molecule has 0 atom stereocenters. The van der Waals surface area contributed by atoms with E-state index in [9.17, 15) is 4.79 Å². The van der Waals surface area contributed by atoms with Crippen LogP contribution in [0.5, 0.6) is 5.75 Å². The number of hydrogen-bond acceptors (Lipinski definition) is 5. The highest BCUT2D eigenvalue weighted by molar-refractivity contribution is 7.99. The van der Waals surface area contributed by atoms with Crippen LogP contribution in [0.1, 0.15) is 43.9 Å². The minimum Gasteiger partial charge on any atom is -0.493 e. The Kier molecular flexibility index (Phi) is 5.82. The van der Waals surface area contributed by atoms with Crippen LogP contribution in [0, 0.1) is 0 Å². The summed E-state index contributed by atoms with van der Waals surface area (Å²) in [5.41, 5.74) is 0.635. The van der Waals surface area contributed by atoms with Crippen molar-refractivity contribution in [1.29, 1.82) is 0 Å². The van der Waals surface area contributed by atoms with Crippen LogP contribution in [-0.4, -0.2) is 33.4 Å². The quantitative estimate of drug-likeness (QED) is 0.440. The van der Waals surface area contributed by atoms with Crippen LogP contribution < -0.4 is 4.74 Å². The van der Waals surface area contributed by atoms with Crippen LogP contribution in [0.15, 0.2) is 29.4 Å². The molecule has 2 aromatic rings. The number of thioether (sulfide) groups is 1. The van der Waals surface area contributed by atoms with Gasteiger partial charge in [0, 0.05) is 23.3 Å². The standard InChI is InChI=1S/C17H23N3O2S/c1-5-20-15(17(2,3)4)18-19-16(20)23-11-10-22-14-8-6-13(12-21)7-9-14/h6-9,12H,5,10-11H2,1-4H3. The van der Waals surface area contributed by atoms with Gasteiger partial charge < -0.3 is 9.30 Å². The van der Waals surface area contributed by atoms with Gasteiger partial charge in [0.1, 0.15) is 17.9 Å². The Bertz CT molecular complexity index is 645. The molecule has 124 valence electrons. The molecule has 0 aliphatic heterocycles. The van der Waals surface area contributed by atoms with Crippen LogP contribution in [0.2, 0.25) is 0 Å². The molecule has 1 heterocycles. The SMILES string of the molecule is CCn1c(SCCOc2ccc(C=O)cc2)nnc1C(C)(C)C. The van der Waals surface area contributed by atoms with Crippen molar-refractivity contribution < 1.29 is 9.53 Å². The van der Waals surface area contributed by atoms with Gasteiger partial charge in [-0.3, -0.25) is 4.79 Å². The maximum absolute atomic E-state index is 10.6. The Morgan fingerprint density at radius 3 is 2.48 bits per heavy atom. The zero-order chi connectivity index (χ0) is 16.9. The van der Waals surface area contributed by atoms with E-state index >= 15 is 0 Å². The van der Waals surface area contributed by atoms with Crippen molar-refractivity contribution in [3.05, 3.63) is 35.7 Å². The molecule has 0 saturated heterocycles. The van der Waals surface area contributed by atoms with Crippen molar-refractivity contribution in [3.63, 3.8) is 0 Å². The van der Waals surface area contributed by atoms with Crippen molar-refractivity contribution in [2.45, 2.75) is 44.8 Å². The summed E-state index contributed by atoms with van der Waals surface area (Å²) in [4.78, 5) is 10.6. The normalized spacial score (nSPS) is 11.5. The van der Waals surface area contributed by atoms with Gasteiger partial charge >= 0.3 is 0 Å².